The van der Waals surface area contributed by atoms with E-state index >= 15 is 0 Å². The molecule has 0 unspecified atom stereocenters. The number of nitrogens with zero attached hydrogens (tertiary/aromatic N) is 3. The number of nitrogens with one attached hydrogen (secondary N) is 2. The monoisotopic (exact) mass is 309 g/mol. The van der Waals surface area contributed by atoms with Crippen molar-refractivity contribution in [3.63, 3.8) is 0 Å². The average molecular weight is 310 g/mol. The van der Waals surface area contributed by atoms with Crippen LogP contribution in [0.15, 0.2) is 28.2 Å². The second kappa shape index (κ2) is 6.71. The van der Waals surface area contributed by atoms with Gasteiger partial charge < -0.3 is 9.47 Å². The van der Waals surface area contributed by atoms with Gasteiger partial charge in [-0.25, -0.2) is 5.43 Å². The van der Waals surface area contributed by atoms with E-state index in [1.165, 1.54) is 20.4 Å². The highest BCUT2D eigenvalue weighted by Crippen LogP contribution is 2.36. The molecule has 0 atom stereocenters. The van der Waals surface area contributed by atoms with Crippen molar-refractivity contribution >= 4 is 23.8 Å². The highest BCUT2D eigenvalue weighted by Gasteiger charge is 2.11. The minimum absolute atomic E-state index is 0.121. The van der Waals surface area contributed by atoms with Crippen LogP contribution in [0.2, 0.25) is 5.02 Å². The summed E-state index contributed by atoms with van der Waals surface area (Å²) in [6.07, 6.45) is 2.51. The minimum atomic E-state index is -0.383. The maximum atomic E-state index is 11.0. The number of hydrogen-bond donors (Lipinski definition) is 2. The number of halogens is 1. The fourth-order valence-electron chi connectivity index (χ4n) is 1.53. The van der Waals surface area contributed by atoms with Crippen LogP contribution in [-0.4, -0.2) is 35.6 Å². The number of ether oxygens (including phenoxy) is 2. The average Bonchev–Trinajstić information content (AvgIpc) is 2.48. The number of hydrogen-bond acceptors (Lipinski definition) is 7. The van der Waals surface area contributed by atoms with Crippen LogP contribution in [0.1, 0.15) is 5.56 Å². The summed E-state index contributed by atoms with van der Waals surface area (Å²) in [7, 11) is 3.01. The van der Waals surface area contributed by atoms with Crippen molar-refractivity contribution in [1.29, 1.82) is 0 Å². The second-order valence-electron chi connectivity index (χ2n) is 3.76. The highest BCUT2D eigenvalue weighted by atomic mass is 35.5. The zero-order valence-electron chi connectivity index (χ0n) is 11.3. The number of aromatic nitrogens is 3. The van der Waals surface area contributed by atoms with Gasteiger partial charge in [0.25, 0.3) is 5.56 Å². The molecule has 2 N–H and O–H groups in total. The fraction of sp³-hybridized carbons (Fsp3) is 0.167. The summed E-state index contributed by atoms with van der Waals surface area (Å²) in [6, 6.07) is 3.42. The van der Waals surface area contributed by atoms with E-state index in [4.69, 9.17) is 21.1 Å². The molecule has 0 saturated carbocycles. The lowest BCUT2D eigenvalue weighted by Crippen LogP contribution is -2.10. The van der Waals surface area contributed by atoms with E-state index in [2.05, 4.69) is 25.7 Å². The van der Waals surface area contributed by atoms with Crippen LogP contribution >= 0.6 is 11.6 Å². The Balaban J connectivity index is 2.19. The maximum absolute atomic E-state index is 11.0. The zero-order valence-corrected chi connectivity index (χ0v) is 12.0. The summed E-state index contributed by atoms with van der Waals surface area (Å²) in [5.41, 5.74) is 2.76. The van der Waals surface area contributed by atoms with Crippen molar-refractivity contribution in [3.05, 3.63) is 39.3 Å². The third-order valence-corrected chi connectivity index (χ3v) is 2.85. The summed E-state index contributed by atoms with van der Waals surface area (Å²) in [5, 5.41) is 11.4. The number of anilines is 1. The molecule has 0 aliphatic rings. The molecule has 0 amide bonds. The van der Waals surface area contributed by atoms with E-state index in [-0.39, 0.29) is 11.5 Å². The Morgan fingerprint density at radius 2 is 2.19 bits per heavy atom. The molecule has 0 bridgehead atoms. The SMILES string of the molecule is COc1ccc(/C=N/Nc2nncc(=O)[nH]2)c(Cl)c1OC. The summed E-state index contributed by atoms with van der Waals surface area (Å²) >= 11 is 6.19. The third-order valence-electron chi connectivity index (χ3n) is 2.46. The molecule has 1 heterocycles. The first-order valence-electron chi connectivity index (χ1n) is 5.77. The van der Waals surface area contributed by atoms with E-state index in [1.54, 1.807) is 12.1 Å². The molecular formula is C12H12ClN5O3. The quantitative estimate of drug-likeness (QED) is 0.637. The Morgan fingerprint density at radius 1 is 1.38 bits per heavy atom. The Kier molecular flexibility index (Phi) is 4.72. The van der Waals surface area contributed by atoms with E-state index < -0.39 is 0 Å². The molecule has 2 rings (SSSR count). The van der Waals surface area contributed by atoms with Crippen LogP contribution in [0, 0.1) is 0 Å². The van der Waals surface area contributed by atoms with Gasteiger partial charge in [-0.1, -0.05) is 11.6 Å². The standard InChI is InChI=1S/C12H12ClN5O3/c1-20-8-4-3-7(10(13)11(8)21-2)5-14-17-12-16-9(19)6-15-18-12/h3-6H,1-2H3,(H2,16,17,18,19)/b14-5+. The van der Waals surface area contributed by atoms with E-state index in [9.17, 15) is 4.79 Å². The number of methoxy groups -OCH3 is 2. The third kappa shape index (κ3) is 3.48. The molecule has 1 aromatic heterocycles. The maximum Gasteiger partial charge on any atom is 0.271 e. The van der Waals surface area contributed by atoms with Gasteiger partial charge in [0.15, 0.2) is 11.5 Å². The van der Waals surface area contributed by atoms with Gasteiger partial charge in [0, 0.05) is 5.56 Å². The van der Waals surface area contributed by atoms with Crippen LogP contribution in [0.25, 0.3) is 0 Å². The van der Waals surface area contributed by atoms with Gasteiger partial charge in [0.05, 0.1) is 25.5 Å². The molecule has 0 radical (unpaired) electrons. The van der Waals surface area contributed by atoms with Gasteiger partial charge in [-0.2, -0.15) is 5.10 Å². The molecule has 0 spiro atoms. The summed E-state index contributed by atoms with van der Waals surface area (Å²) in [4.78, 5) is 13.4. The van der Waals surface area contributed by atoms with E-state index in [0.717, 1.165) is 6.20 Å². The van der Waals surface area contributed by atoms with Crippen molar-refractivity contribution in [2.24, 2.45) is 5.10 Å². The molecule has 9 heteroatoms. The molecule has 0 aliphatic carbocycles. The number of H-pyrrole nitrogens is 1. The van der Waals surface area contributed by atoms with Crippen LogP contribution in [-0.2, 0) is 0 Å². The van der Waals surface area contributed by atoms with Crippen LogP contribution in [0.4, 0.5) is 5.95 Å². The van der Waals surface area contributed by atoms with Gasteiger partial charge in [-0.15, -0.1) is 10.2 Å². The Labute approximate surface area is 124 Å². The minimum Gasteiger partial charge on any atom is -0.493 e. The number of hydrazone groups is 1. The summed E-state index contributed by atoms with van der Waals surface area (Å²) in [5.74, 6) is 1.05. The van der Waals surface area contributed by atoms with Crippen molar-refractivity contribution < 1.29 is 9.47 Å². The molecule has 1 aromatic carbocycles. The first kappa shape index (κ1) is 14.8. The van der Waals surface area contributed by atoms with E-state index in [1.807, 2.05) is 0 Å². The lowest BCUT2D eigenvalue weighted by molar-refractivity contribution is 0.355. The van der Waals surface area contributed by atoms with E-state index in [0.29, 0.717) is 22.1 Å². The van der Waals surface area contributed by atoms with Crippen LogP contribution in [0.5, 0.6) is 11.5 Å². The molecule has 8 nitrogen and oxygen atoms in total. The number of rotatable bonds is 5. The molecule has 0 saturated heterocycles. The predicted molar refractivity (Wildman–Crippen MR) is 78.4 cm³/mol. The van der Waals surface area contributed by atoms with Gasteiger partial charge in [0.2, 0.25) is 5.95 Å². The van der Waals surface area contributed by atoms with Crippen LogP contribution in [0.3, 0.4) is 0 Å². The van der Waals surface area contributed by atoms with Gasteiger partial charge >= 0.3 is 0 Å². The molecule has 110 valence electrons. The Hall–Kier alpha value is -2.61. The van der Waals surface area contributed by atoms with Gasteiger partial charge in [0.1, 0.15) is 6.20 Å². The number of aromatic amines is 1. The van der Waals surface area contributed by atoms with Crippen LogP contribution < -0.4 is 20.5 Å². The lowest BCUT2D eigenvalue weighted by Gasteiger charge is -2.10. The Morgan fingerprint density at radius 3 is 2.86 bits per heavy atom. The molecule has 21 heavy (non-hydrogen) atoms. The molecule has 0 fully saturated rings. The molecular weight excluding hydrogens is 298 g/mol. The summed E-state index contributed by atoms with van der Waals surface area (Å²) < 4.78 is 10.3. The van der Waals surface area contributed by atoms with Crippen molar-refractivity contribution in [2.75, 3.05) is 19.6 Å². The predicted octanol–water partition coefficient (Wildman–Crippen LogP) is 1.28. The lowest BCUT2D eigenvalue weighted by atomic mass is 10.2. The normalized spacial score (nSPS) is 10.6. The molecule has 0 aliphatic heterocycles. The Bertz CT molecular complexity index is 716. The van der Waals surface area contributed by atoms with Crippen molar-refractivity contribution in [2.45, 2.75) is 0 Å². The van der Waals surface area contributed by atoms with Crippen molar-refractivity contribution in [1.82, 2.24) is 15.2 Å². The zero-order chi connectivity index (χ0) is 15.2. The van der Waals surface area contributed by atoms with Gasteiger partial charge in [-0.3, -0.25) is 9.78 Å². The van der Waals surface area contributed by atoms with Crippen molar-refractivity contribution in [3.8, 4) is 11.5 Å². The molecule has 2 aromatic rings. The fourth-order valence-corrected chi connectivity index (χ4v) is 1.81. The highest BCUT2D eigenvalue weighted by molar-refractivity contribution is 6.34. The topological polar surface area (TPSA) is 101 Å². The smallest absolute Gasteiger partial charge is 0.271 e. The first-order chi connectivity index (χ1) is 10.2. The second-order valence-corrected chi connectivity index (χ2v) is 4.13. The summed E-state index contributed by atoms with van der Waals surface area (Å²) in [6.45, 7) is 0. The first-order valence-corrected chi connectivity index (χ1v) is 6.15. The van der Waals surface area contributed by atoms with Gasteiger partial charge in [-0.05, 0) is 12.1 Å². The number of benzene rings is 1. The largest absolute Gasteiger partial charge is 0.493 e.